The van der Waals surface area contributed by atoms with Crippen molar-refractivity contribution in [1.82, 2.24) is 14.5 Å². The molecule has 1 fully saturated rings. The molecule has 7 heteroatoms. The molecule has 1 saturated heterocycles. The van der Waals surface area contributed by atoms with Gasteiger partial charge < -0.3 is 24.1 Å². The van der Waals surface area contributed by atoms with Crippen LogP contribution < -0.4 is 10.3 Å². The molecule has 0 spiro atoms. The van der Waals surface area contributed by atoms with E-state index >= 15 is 0 Å². The smallest absolute Gasteiger partial charge is 0.275 e. The highest BCUT2D eigenvalue weighted by molar-refractivity contribution is 5.93. The van der Waals surface area contributed by atoms with E-state index in [9.17, 15) is 9.90 Å². The number of aromatic amines is 1. The molecule has 3 heterocycles. The molecule has 2 aromatic carbocycles. The van der Waals surface area contributed by atoms with Gasteiger partial charge >= 0.3 is 0 Å². The standard InChI is InChI=1S/C23H21N3O4/c27-22-21-20(24-15-25-22)19(12-26(21)17-4-2-1-3-5-17)16-6-8-18(9-7-16)30-11-10-23(28)13-29-14-23/h1-9,12,15,28H,10-11,13-14H2,(H,24,25,27). The van der Waals surface area contributed by atoms with Crippen LogP contribution in [0.15, 0.2) is 71.9 Å². The summed E-state index contributed by atoms with van der Waals surface area (Å²) in [5, 5.41) is 10.1. The molecule has 0 amide bonds. The van der Waals surface area contributed by atoms with Gasteiger partial charge in [0.05, 0.1) is 26.1 Å². The summed E-state index contributed by atoms with van der Waals surface area (Å²) < 4.78 is 12.7. The Kier molecular flexibility index (Phi) is 4.61. The Hall–Kier alpha value is -3.42. The minimum atomic E-state index is -0.752. The van der Waals surface area contributed by atoms with Crippen molar-refractivity contribution in [2.24, 2.45) is 0 Å². The first kappa shape index (κ1) is 18.6. The van der Waals surface area contributed by atoms with Crippen LogP contribution in [0.5, 0.6) is 5.75 Å². The van der Waals surface area contributed by atoms with Crippen molar-refractivity contribution in [3.63, 3.8) is 0 Å². The van der Waals surface area contributed by atoms with Crippen LogP contribution in [-0.4, -0.2) is 45.1 Å². The van der Waals surface area contributed by atoms with Gasteiger partial charge in [0.1, 0.15) is 22.4 Å². The van der Waals surface area contributed by atoms with Crippen molar-refractivity contribution in [1.29, 1.82) is 0 Å². The second kappa shape index (κ2) is 7.44. The third-order valence-electron chi connectivity index (χ3n) is 5.36. The van der Waals surface area contributed by atoms with Gasteiger partial charge in [-0.1, -0.05) is 30.3 Å². The molecular formula is C23H21N3O4. The van der Waals surface area contributed by atoms with Crippen LogP contribution in [0.4, 0.5) is 0 Å². The number of H-pyrrole nitrogens is 1. The number of rotatable bonds is 6. The first-order chi connectivity index (χ1) is 14.6. The van der Waals surface area contributed by atoms with E-state index in [0.717, 1.165) is 22.6 Å². The van der Waals surface area contributed by atoms with Gasteiger partial charge in [-0.15, -0.1) is 0 Å². The highest BCUT2D eigenvalue weighted by Gasteiger charge is 2.35. The molecule has 0 bridgehead atoms. The largest absolute Gasteiger partial charge is 0.493 e. The molecule has 1 aliphatic rings. The Balaban J connectivity index is 1.45. The van der Waals surface area contributed by atoms with Gasteiger partial charge in [-0.3, -0.25) is 4.79 Å². The quantitative estimate of drug-likeness (QED) is 0.517. The van der Waals surface area contributed by atoms with Gasteiger partial charge in [0, 0.05) is 23.9 Å². The predicted octanol–water partition coefficient (Wildman–Crippen LogP) is 2.91. The minimum Gasteiger partial charge on any atom is -0.493 e. The summed E-state index contributed by atoms with van der Waals surface area (Å²) >= 11 is 0. The first-order valence-electron chi connectivity index (χ1n) is 9.81. The molecule has 0 unspecified atom stereocenters. The highest BCUT2D eigenvalue weighted by atomic mass is 16.5. The number of aromatic nitrogens is 3. The van der Waals surface area contributed by atoms with E-state index in [2.05, 4.69) is 9.97 Å². The lowest BCUT2D eigenvalue weighted by Gasteiger charge is -2.36. The third kappa shape index (κ3) is 3.38. The molecule has 1 aliphatic heterocycles. The van der Waals surface area contributed by atoms with Crippen molar-refractivity contribution >= 4 is 11.0 Å². The summed E-state index contributed by atoms with van der Waals surface area (Å²) in [6.45, 7) is 1.16. The lowest BCUT2D eigenvalue weighted by molar-refractivity contribution is -0.184. The summed E-state index contributed by atoms with van der Waals surface area (Å²) in [5.41, 5.74) is 2.91. The summed E-state index contributed by atoms with van der Waals surface area (Å²) in [6.07, 6.45) is 3.89. The molecule has 4 aromatic rings. The summed E-state index contributed by atoms with van der Waals surface area (Å²) in [4.78, 5) is 19.6. The maximum atomic E-state index is 12.5. The topological polar surface area (TPSA) is 89.4 Å². The molecule has 0 radical (unpaired) electrons. The number of benzene rings is 2. The molecule has 2 aromatic heterocycles. The van der Waals surface area contributed by atoms with Crippen molar-refractivity contribution in [3.05, 3.63) is 77.5 Å². The monoisotopic (exact) mass is 403 g/mol. The second-order valence-electron chi connectivity index (χ2n) is 7.52. The fourth-order valence-electron chi connectivity index (χ4n) is 3.64. The molecule has 0 aliphatic carbocycles. The fraction of sp³-hybridized carbons (Fsp3) is 0.217. The third-order valence-corrected chi connectivity index (χ3v) is 5.36. The summed E-state index contributed by atoms with van der Waals surface area (Å²) in [7, 11) is 0. The predicted molar refractivity (Wildman–Crippen MR) is 113 cm³/mol. The van der Waals surface area contributed by atoms with Crippen LogP contribution in [0.2, 0.25) is 0 Å². The number of nitrogens with zero attached hydrogens (tertiary/aromatic N) is 2. The van der Waals surface area contributed by atoms with Gasteiger partial charge in [0.15, 0.2) is 0 Å². The van der Waals surface area contributed by atoms with E-state index in [1.54, 1.807) is 0 Å². The number of nitrogens with one attached hydrogen (secondary N) is 1. The fourth-order valence-corrected chi connectivity index (χ4v) is 3.64. The van der Waals surface area contributed by atoms with E-state index in [-0.39, 0.29) is 5.56 Å². The van der Waals surface area contributed by atoms with Crippen LogP contribution in [0.25, 0.3) is 27.8 Å². The van der Waals surface area contributed by atoms with Crippen molar-refractivity contribution < 1.29 is 14.6 Å². The van der Waals surface area contributed by atoms with Crippen molar-refractivity contribution in [2.45, 2.75) is 12.0 Å². The molecule has 7 nitrogen and oxygen atoms in total. The minimum absolute atomic E-state index is 0.187. The Morgan fingerprint density at radius 3 is 2.60 bits per heavy atom. The number of fused-ring (bicyclic) bond motifs is 1. The van der Waals surface area contributed by atoms with Crippen LogP contribution in [0.3, 0.4) is 0 Å². The van der Waals surface area contributed by atoms with Crippen LogP contribution >= 0.6 is 0 Å². The zero-order valence-corrected chi connectivity index (χ0v) is 16.2. The van der Waals surface area contributed by atoms with E-state index < -0.39 is 5.60 Å². The maximum Gasteiger partial charge on any atom is 0.275 e. The average molecular weight is 403 g/mol. The molecule has 30 heavy (non-hydrogen) atoms. The molecule has 5 rings (SSSR count). The maximum absolute atomic E-state index is 12.5. The zero-order chi connectivity index (χ0) is 20.6. The Morgan fingerprint density at radius 1 is 1.13 bits per heavy atom. The van der Waals surface area contributed by atoms with Gasteiger partial charge in [-0.05, 0) is 29.8 Å². The van der Waals surface area contributed by atoms with Crippen molar-refractivity contribution in [3.8, 4) is 22.6 Å². The number of hydrogen-bond donors (Lipinski definition) is 2. The van der Waals surface area contributed by atoms with Gasteiger partial charge in [0.2, 0.25) is 0 Å². The lowest BCUT2D eigenvalue weighted by atomic mass is 9.99. The van der Waals surface area contributed by atoms with Crippen LogP contribution in [-0.2, 0) is 4.74 Å². The number of para-hydroxylation sites is 1. The number of ether oxygens (including phenoxy) is 2. The molecule has 0 saturated carbocycles. The number of aliphatic hydroxyl groups is 1. The molecular weight excluding hydrogens is 382 g/mol. The van der Waals surface area contributed by atoms with Gasteiger partial charge in [0.25, 0.3) is 5.56 Å². The summed E-state index contributed by atoms with van der Waals surface area (Å²) in [6, 6.07) is 17.4. The zero-order valence-electron chi connectivity index (χ0n) is 16.2. The lowest BCUT2D eigenvalue weighted by Crippen LogP contribution is -2.50. The molecule has 2 N–H and O–H groups in total. The van der Waals surface area contributed by atoms with Gasteiger partial charge in [-0.2, -0.15) is 0 Å². The Labute approximate surface area is 172 Å². The summed E-state index contributed by atoms with van der Waals surface area (Å²) in [5.74, 6) is 0.722. The second-order valence-corrected chi connectivity index (χ2v) is 7.52. The SMILES string of the molecule is O=c1[nH]cnc2c(-c3ccc(OCCC4(O)COC4)cc3)cn(-c3ccccc3)c12. The van der Waals surface area contributed by atoms with Gasteiger partial charge in [-0.25, -0.2) is 4.98 Å². The Bertz CT molecular complexity index is 1230. The highest BCUT2D eigenvalue weighted by Crippen LogP contribution is 2.31. The molecule has 152 valence electrons. The first-order valence-corrected chi connectivity index (χ1v) is 9.81. The van der Waals surface area contributed by atoms with E-state index in [0.29, 0.717) is 37.3 Å². The molecule has 0 atom stereocenters. The average Bonchev–Trinajstić information content (AvgIpc) is 3.15. The van der Waals surface area contributed by atoms with E-state index in [4.69, 9.17) is 9.47 Å². The normalized spacial score (nSPS) is 15.1. The van der Waals surface area contributed by atoms with Crippen LogP contribution in [0.1, 0.15) is 6.42 Å². The number of hydrogen-bond acceptors (Lipinski definition) is 5. The Morgan fingerprint density at radius 2 is 1.90 bits per heavy atom. The van der Waals surface area contributed by atoms with E-state index in [1.165, 1.54) is 6.33 Å². The van der Waals surface area contributed by atoms with E-state index in [1.807, 2.05) is 65.4 Å². The van der Waals surface area contributed by atoms with Crippen molar-refractivity contribution in [2.75, 3.05) is 19.8 Å². The van der Waals surface area contributed by atoms with Crippen LogP contribution in [0, 0.1) is 0 Å².